The Bertz CT molecular complexity index is 1220. The summed E-state index contributed by atoms with van der Waals surface area (Å²) >= 11 is 7.44. The van der Waals surface area contributed by atoms with Crippen molar-refractivity contribution in [2.45, 2.75) is 18.6 Å². The molecule has 0 radical (unpaired) electrons. The van der Waals surface area contributed by atoms with E-state index in [2.05, 4.69) is 15.5 Å². The van der Waals surface area contributed by atoms with Gasteiger partial charge in [-0.3, -0.25) is 9.36 Å². The van der Waals surface area contributed by atoms with Crippen LogP contribution in [0.1, 0.15) is 11.3 Å². The molecule has 0 aliphatic carbocycles. The van der Waals surface area contributed by atoms with Gasteiger partial charge in [0.2, 0.25) is 5.91 Å². The van der Waals surface area contributed by atoms with Gasteiger partial charge in [0.1, 0.15) is 11.5 Å². The number of halogens is 1. The van der Waals surface area contributed by atoms with E-state index in [1.807, 2.05) is 60.0 Å². The van der Waals surface area contributed by atoms with E-state index in [4.69, 9.17) is 20.8 Å². The molecular formula is C23H21ClN4O3S. The molecule has 0 fully saturated rings. The van der Waals surface area contributed by atoms with Gasteiger partial charge in [-0.2, -0.15) is 0 Å². The van der Waals surface area contributed by atoms with Crippen molar-refractivity contribution in [1.82, 2.24) is 14.8 Å². The second-order valence-electron chi connectivity index (χ2n) is 6.97. The molecular weight excluding hydrogens is 448 g/mol. The van der Waals surface area contributed by atoms with E-state index in [1.165, 1.54) is 11.8 Å². The molecule has 0 aliphatic heterocycles. The van der Waals surface area contributed by atoms with Crippen LogP contribution in [0, 0.1) is 6.92 Å². The second kappa shape index (κ2) is 9.93. The molecule has 2 heterocycles. The fourth-order valence-corrected chi connectivity index (χ4v) is 4.04. The topological polar surface area (TPSA) is 82.2 Å². The number of ether oxygens (including phenoxy) is 1. The number of nitrogens with one attached hydrogen (secondary N) is 1. The van der Waals surface area contributed by atoms with Gasteiger partial charge in [-0.05, 0) is 48.9 Å². The van der Waals surface area contributed by atoms with Gasteiger partial charge in [-0.1, -0.05) is 41.6 Å². The minimum absolute atomic E-state index is 0.160. The summed E-state index contributed by atoms with van der Waals surface area (Å²) in [5.74, 6) is 2.06. The average molecular weight is 469 g/mol. The third-order valence-electron chi connectivity index (χ3n) is 4.75. The average Bonchev–Trinajstić information content (AvgIpc) is 3.45. The number of aryl methyl sites for hydroxylation is 1. The van der Waals surface area contributed by atoms with Crippen LogP contribution in [0.5, 0.6) is 5.75 Å². The highest BCUT2D eigenvalue weighted by Crippen LogP contribution is 2.31. The Morgan fingerprint density at radius 2 is 2.03 bits per heavy atom. The lowest BCUT2D eigenvalue weighted by Gasteiger charge is -2.11. The molecule has 0 unspecified atom stereocenters. The lowest BCUT2D eigenvalue weighted by Crippen LogP contribution is -2.15. The molecule has 9 heteroatoms. The molecule has 0 aliphatic rings. The molecule has 2 aromatic carbocycles. The zero-order valence-electron chi connectivity index (χ0n) is 17.5. The number of furan rings is 1. The summed E-state index contributed by atoms with van der Waals surface area (Å²) in [7, 11) is 1.61. The summed E-state index contributed by atoms with van der Waals surface area (Å²) in [6, 6.07) is 16.7. The first-order chi connectivity index (χ1) is 15.5. The number of nitrogens with zero attached hydrogens (tertiary/aromatic N) is 3. The Labute approximate surface area is 194 Å². The Kier molecular flexibility index (Phi) is 6.82. The van der Waals surface area contributed by atoms with Crippen LogP contribution in [0.15, 0.2) is 70.4 Å². The molecule has 4 aromatic rings. The lowest BCUT2D eigenvalue weighted by atomic mass is 10.2. The highest BCUT2D eigenvalue weighted by atomic mass is 35.5. The van der Waals surface area contributed by atoms with Crippen LogP contribution in [0.4, 0.5) is 5.69 Å². The number of hydrogen-bond acceptors (Lipinski definition) is 6. The zero-order chi connectivity index (χ0) is 22.5. The molecule has 2 aromatic heterocycles. The molecule has 1 amide bonds. The summed E-state index contributed by atoms with van der Waals surface area (Å²) in [6.45, 7) is 2.33. The van der Waals surface area contributed by atoms with E-state index < -0.39 is 0 Å². The molecule has 32 heavy (non-hydrogen) atoms. The summed E-state index contributed by atoms with van der Waals surface area (Å²) < 4.78 is 12.9. The first-order valence-corrected chi connectivity index (χ1v) is 11.2. The van der Waals surface area contributed by atoms with Crippen molar-refractivity contribution >= 4 is 35.0 Å². The number of rotatable bonds is 8. The molecule has 0 saturated carbocycles. The van der Waals surface area contributed by atoms with Crippen molar-refractivity contribution in [3.05, 3.63) is 77.2 Å². The van der Waals surface area contributed by atoms with Gasteiger partial charge in [0.25, 0.3) is 0 Å². The third-order valence-corrected chi connectivity index (χ3v) is 6.12. The molecule has 1 N–H and O–H groups in total. The Morgan fingerprint density at radius 1 is 1.19 bits per heavy atom. The van der Waals surface area contributed by atoms with E-state index >= 15 is 0 Å². The van der Waals surface area contributed by atoms with E-state index in [0.717, 1.165) is 16.9 Å². The van der Waals surface area contributed by atoms with E-state index in [9.17, 15) is 4.79 Å². The fraction of sp³-hybridized carbons (Fsp3) is 0.174. The summed E-state index contributed by atoms with van der Waals surface area (Å²) in [6.07, 6.45) is 1.62. The molecule has 164 valence electrons. The highest BCUT2D eigenvalue weighted by molar-refractivity contribution is 7.99. The minimum Gasteiger partial charge on any atom is -0.496 e. The van der Waals surface area contributed by atoms with Gasteiger partial charge in [0, 0.05) is 10.7 Å². The van der Waals surface area contributed by atoms with Crippen LogP contribution in [0.3, 0.4) is 0 Å². The highest BCUT2D eigenvalue weighted by Gasteiger charge is 2.19. The number of thioether (sulfide) groups is 1. The molecule has 0 bridgehead atoms. The van der Waals surface area contributed by atoms with Gasteiger partial charge < -0.3 is 14.5 Å². The van der Waals surface area contributed by atoms with Crippen LogP contribution in [-0.2, 0) is 11.3 Å². The van der Waals surface area contributed by atoms with Crippen molar-refractivity contribution < 1.29 is 13.9 Å². The zero-order valence-corrected chi connectivity index (χ0v) is 19.1. The predicted molar refractivity (Wildman–Crippen MR) is 125 cm³/mol. The van der Waals surface area contributed by atoms with Gasteiger partial charge in [-0.25, -0.2) is 0 Å². The summed E-state index contributed by atoms with van der Waals surface area (Å²) in [5, 5.41) is 12.8. The van der Waals surface area contributed by atoms with E-state index in [1.54, 1.807) is 19.4 Å². The SMILES string of the molecule is COc1ccccc1-c1nnc(SCC(=O)Nc2ccc(C)c(Cl)c2)n1Cc1ccco1. The number of aromatic nitrogens is 3. The minimum atomic E-state index is -0.165. The molecule has 0 spiro atoms. The molecule has 4 rings (SSSR count). The van der Waals surface area contributed by atoms with E-state index in [0.29, 0.717) is 34.0 Å². The maximum absolute atomic E-state index is 12.5. The smallest absolute Gasteiger partial charge is 0.234 e. The predicted octanol–water partition coefficient (Wildman–Crippen LogP) is 5.29. The van der Waals surface area contributed by atoms with Crippen LogP contribution in [-0.4, -0.2) is 33.5 Å². The Balaban J connectivity index is 1.56. The first-order valence-electron chi connectivity index (χ1n) is 9.83. The quantitative estimate of drug-likeness (QED) is 0.354. The van der Waals surface area contributed by atoms with Crippen molar-refractivity contribution in [3.8, 4) is 17.1 Å². The number of carbonyl (C=O) groups is 1. The fourth-order valence-electron chi connectivity index (χ4n) is 3.12. The molecule has 0 saturated heterocycles. The largest absolute Gasteiger partial charge is 0.496 e. The van der Waals surface area contributed by atoms with Gasteiger partial charge in [0.05, 0.1) is 31.2 Å². The third kappa shape index (κ3) is 4.98. The number of para-hydroxylation sites is 1. The Hall–Kier alpha value is -3.23. The summed E-state index contributed by atoms with van der Waals surface area (Å²) in [5.41, 5.74) is 2.41. The van der Waals surface area contributed by atoms with Gasteiger partial charge in [-0.15, -0.1) is 10.2 Å². The number of carbonyl (C=O) groups excluding carboxylic acids is 1. The van der Waals surface area contributed by atoms with Crippen molar-refractivity contribution in [1.29, 1.82) is 0 Å². The van der Waals surface area contributed by atoms with Crippen LogP contribution in [0.2, 0.25) is 5.02 Å². The number of anilines is 1. The van der Waals surface area contributed by atoms with Crippen LogP contribution < -0.4 is 10.1 Å². The number of methoxy groups -OCH3 is 1. The van der Waals surface area contributed by atoms with Crippen LogP contribution >= 0.6 is 23.4 Å². The maximum atomic E-state index is 12.5. The second-order valence-corrected chi connectivity index (χ2v) is 8.32. The molecule has 7 nitrogen and oxygen atoms in total. The number of benzene rings is 2. The van der Waals surface area contributed by atoms with Crippen molar-refractivity contribution in [2.24, 2.45) is 0 Å². The Morgan fingerprint density at radius 3 is 2.78 bits per heavy atom. The van der Waals surface area contributed by atoms with Crippen molar-refractivity contribution in [2.75, 3.05) is 18.2 Å². The maximum Gasteiger partial charge on any atom is 0.234 e. The monoisotopic (exact) mass is 468 g/mol. The number of hydrogen-bond donors (Lipinski definition) is 1. The standard InChI is InChI=1S/C23H21ClN4O3S/c1-15-9-10-16(12-19(15)24)25-21(29)14-32-23-27-26-22(18-7-3-4-8-20(18)30-2)28(23)13-17-6-5-11-31-17/h3-12H,13-14H2,1-2H3,(H,25,29). The molecule has 0 atom stereocenters. The normalized spacial score (nSPS) is 10.8. The van der Waals surface area contributed by atoms with Crippen LogP contribution in [0.25, 0.3) is 11.4 Å². The van der Waals surface area contributed by atoms with Gasteiger partial charge in [0.15, 0.2) is 11.0 Å². The lowest BCUT2D eigenvalue weighted by molar-refractivity contribution is -0.113. The first kappa shape index (κ1) is 22.0. The summed E-state index contributed by atoms with van der Waals surface area (Å²) in [4.78, 5) is 12.5. The van der Waals surface area contributed by atoms with Gasteiger partial charge >= 0.3 is 0 Å². The van der Waals surface area contributed by atoms with Crippen molar-refractivity contribution in [3.63, 3.8) is 0 Å². The van der Waals surface area contributed by atoms with E-state index in [-0.39, 0.29) is 11.7 Å². The number of amides is 1.